The van der Waals surface area contributed by atoms with Gasteiger partial charge in [-0.1, -0.05) is 0 Å². The standard InChI is InChI=1S/C16H19NO3.ClH/c1-11-9-15(19)20-16-12(11)5-6-14(18)13(16)10-17-7-3-2-4-8-17;/h5-6,9,18H,2-4,7-8,10H2,1H3;1H. The molecule has 0 bridgehead atoms. The molecule has 114 valence electrons. The average Bonchev–Trinajstić information content (AvgIpc) is 2.43. The maximum absolute atomic E-state index is 11.6. The second-order valence-corrected chi connectivity index (χ2v) is 5.68. The maximum atomic E-state index is 11.6. The first kappa shape index (κ1) is 15.9. The summed E-state index contributed by atoms with van der Waals surface area (Å²) in [5.41, 5.74) is 1.86. The molecule has 2 aromatic rings. The van der Waals surface area contributed by atoms with E-state index in [0.717, 1.165) is 36.1 Å². The molecule has 4 nitrogen and oxygen atoms in total. The predicted molar refractivity (Wildman–Crippen MR) is 77.1 cm³/mol. The number of hydrogen-bond donors (Lipinski definition) is 2. The third-order valence-corrected chi connectivity index (χ3v) is 4.19. The van der Waals surface area contributed by atoms with Crippen molar-refractivity contribution < 1.29 is 26.8 Å². The number of benzene rings is 1. The number of quaternary nitrogens is 1. The summed E-state index contributed by atoms with van der Waals surface area (Å²) in [6, 6.07) is 5.02. The van der Waals surface area contributed by atoms with Gasteiger partial charge < -0.3 is 26.8 Å². The van der Waals surface area contributed by atoms with Gasteiger partial charge in [-0.25, -0.2) is 4.79 Å². The Morgan fingerprint density at radius 3 is 2.67 bits per heavy atom. The second-order valence-electron chi connectivity index (χ2n) is 5.68. The Hall–Kier alpha value is -1.52. The van der Waals surface area contributed by atoms with Gasteiger partial charge >= 0.3 is 5.63 Å². The monoisotopic (exact) mass is 309 g/mol. The molecular formula is C16H20ClNO3. The van der Waals surface area contributed by atoms with Crippen molar-refractivity contribution in [3.05, 3.63) is 39.7 Å². The van der Waals surface area contributed by atoms with Crippen LogP contribution < -0.4 is 22.9 Å². The van der Waals surface area contributed by atoms with Crippen LogP contribution in [0.15, 0.2) is 27.4 Å². The molecule has 1 aromatic heterocycles. The molecule has 0 radical (unpaired) electrons. The summed E-state index contributed by atoms with van der Waals surface area (Å²) in [5.74, 6) is 0.226. The Morgan fingerprint density at radius 2 is 1.95 bits per heavy atom. The van der Waals surface area contributed by atoms with Gasteiger partial charge in [0.05, 0.1) is 18.7 Å². The van der Waals surface area contributed by atoms with E-state index < -0.39 is 0 Å². The molecule has 0 aliphatic carbocycles. The van der Waals surface area contributed by atoms with Gasteiger partial charge in [0.25, 0.3) is 0 Å². The van der Waals surface area contributed by atoms with Gasteiger partial charge in [-0.2, -0.15) is 0 Å². The normalized spacial score (nSPS) is 15.9. The zero-order chi connectivity index (χ0) is 14.1. The number of nitrogens with one attached hydrogen (secondary N) is 1. The van der Waals surface area contributed by atoms with Gasteiger partial charge in [0.15, 0.2) is 5.58 Å². The molecule has 0 atom stereocenters. The van der Waals surface area contributed by atoms with Crippen LogP contribution in [-0.4, -0.2) is 18.2 Å². The second kappa shape index (κ2) is 6.50. The van der Waals surface area contributed by atoms with E-state index in [9.17, 15) is 9.90 Å². The minimum absolute atomic E-state index is 0. The summed E-state index contributed by atoms with van der Waals surface area (Å²) in [4.78, 5) is 13.1. The van der Waals surface area contributed by atoms with Crippen LogP contribution in [0.1, 0.15) is 30.4 Å². The molecule has 0 amide bonds. The first-order valence-electron chi connectivity index (χ1n) is 7.24. The van der Waals surface area contributed by atoms with E-state index in [2.05, 4.69) is 0 Å². The zero-order valence-electron chi connectivity index (χ0n) is 12.1. The van der Waals surface area contributed by atoms with Crippen molar-refractivity contribution in [3.8, 4) is 5.75 Å². The minimum atomic E-state index is -0.351. The molecule has 1 saturated heterocycles. The van der Waals surface area contributed by atoms with Gasteiger partial charge in [-0.15, -0.1) is 0 Å². The van der Waals surface area contributed by atoms with Gasteiger partial charge in [-0.3, -0.25) is 0 Å². The molecule has 1 aliphatic rings. The number of rotatable bonds is 2. The summed E-state index contributed by atoms with van der Waals surface area (Å²) >= 11 is 0. The van der Waals surface area contributed by atoms with Crippen LogP contribution in [0.25, 0.3) is 11.0 Å². The van der Waals surface area contributed by atoms with Crippen LogP contribution in [0.4, 0.5) is 0 Å². The van der Waals surface area contributed by atoms with Gasteiger partial charge in [-0.05, 0) is 43.9 Å². The number of aromatic hydroxyl groups is 1. The van der Waals surface area contributed by atoms with E-state index in [1.807, 2.05) is 13.0 Å². The summed E-state index contributed by atoms with van der Waals surface area (Å²) < 4.78 is 5.37. The third-order valence-electron chi connectivity index (χ3n) is 4.19. The molecule has 1 fully saturated rings. The highest BCUT2D eigenvalue weighted by Crippen LogP contribution is 2.27. The van der Waals surface area contributed by atoms with Crippen LogP contribution in [0.5, 0.6) is 5.75 Å². The number of phenolic OH excluding ortho intramolecular Hbond substituents is 1. The molecule has 0 unspecified atom stereocenters. The molecule has 3 rings (SSSR count). The van der Waals surface area contributed by atoms with Crippen molar-refractivity contribution in [2.75, 3.05) is 13.1 Å². The Labute approximate surface area is 129 Å². The minimum Gasteiger partial charge on any atom is -1.00 e. The van der Waals surface area contributed by atoms with Crippen LogP contribution in [-0.2, 0) is 6.54 Å². The van der Waals surface area contributed by atoms with E-state index in [0.29, 0.717) is 5.58 Å². The van der Waals surface area contributed by atoms with E-state index in [1.54, 1.807) is 6.07 Å². The number of phenols is 1. The summed E-state index contributed by atoms with van der Waals surface area (Å²) in [6.45, 7) is 4.85. The van der Waals surface area contributed by atoms with Crippen molar-refractivity contribution in [1.82, 2.24) is 0 Å². The number of hydrogen-bond acceptors (Lipinski definition) is 3. The van der Waals surface area contributed by atoms with Crippen LogP contribution in [0.3, 0.4) is 0 Å². The fourth-order valence-corrected chi connectivity index (χ4v) is 3.08. The van der Waals surface area contributed by atoms with Gasteiger partial charge in [0.2, 0.25) is 0 Å². The van der Waals surface area contributed by atoms with Crippen LogP contribution in [0, 0.1) is 6.92 Å². The first-order valence-corrected chi connectivity index (χ1v) is 7.24. The lowest BCUT2D eigenvalue weighted by molar-refractivity contribution is -0.918. The van der Waals surface area contributed by atoms with E-state index >= 15 is 0 Å². The Bertz CT molecular complexity index is 690. The molecule has 2 heterocycles. The van der Waals surface area contributed by atoms with Crippen molar-refractivity contribution in [2.24, 2.45) is 0 Å². The van der Waals surface area contributed by atoms with Gasteiger partial charge in [0, 0.05) is 11.5 Å². The molecule has 0 spiro atoms. The molecule has 5 heteroatoms. The Morgan fingerprint density at radius 1 is 1.24 bits per heavy atom. The largest absolute Gasteiger partial charge is 1.00 e. The molecule has 2 N–H and O–H groups in total. The summed E-state index contributed by atoms with van der Waals surface area (Å²) in [6.07, 6.45) is 3.74. The molecular weight excluding hydrogens is 290 g/mol. The number of fused-ring (bicyclic) bond motifs is 1. The van der Waals surface area contributed by atoms with Crippen molar-refractivity contribution >= 4 is 11.0 Å². The summed E-state index contributed by atoms with van der Waals surface area (Å²) in [7, 11) is 0. The lowest BCUT2D eigenvalue weighted by Crippen LogP contribution is -3.11. The van der Waals surface area contributed by atoms with E-state index in [4.69, 9.17) is 4.42 Å². The van der Waals surface area contributed by atoms with Crippen LogP contribution in [0.2, 0.25) is 0 Å². The predicted octanol–water partition coefficient (Wildman–Crippen LogP) is -1.62. The Balaban J connectivity index is 0.00000161. The lowest BCUT2D eigenvalue weighted by Gasteiger charge is -2.24. The first-order chi connectivity index (χ1) is 9.65. The quantitative estimate of drug-likeness (QED) is 0.656. The topological polar surface area (TPSA) is 54.9 Å². The van der Waals surface area contributed by atoms with Gasteiger partial charge in [0.1, 0.15) is 12.3 Å². The molecule has 1 aromatic carbocycles. The fraction of sp³-hybridized carbons (Fsp3) is 0.438. The highest BCUT2D eigenvalue weighted by Gasteiger charge is 2.19. The van der Waals surface area contributed by atoms with Crippen molar-refractivity contribution in [2.45, 2.75) is 32.7 Å². The Kier molecular flexibility index (Phi) is 4.91. The summed E-state index contributed by atoms with van der Waals surface area (Å²) in [5, 5.41) is 11.1. The molecule has 1 aliphatic heterocycles. The number of piperidine rings is 1. The highest BCUT2D eigenvalue weighted by atomic mass is 35.5. The number of halogens is 1. The molecule has 0 saturated carbocycles. The zero-order valence-corrected chi connectivity index (χ0v) is 12.9. The average molecular weight is 310 g/mol. The lowest BCUT2D eigenvalue weighted by atomic mass is 10.0. The smallest absolute Gasteiger partial charge is 0.336 e. The molecule has 21 heavy (non-hydrogen) atoms. The fourth-order valence-electron chi connectivity index (χ4n) is 3.08. The van der Waals surface area contributed by atoms with Crippen molar-refractivity contribution in [1.29, 1.82) is 0 Å². The highest BCUT2D eigenvalue weighted by molar-refractivity contribution is 5.84. The van der Waals surface area contributed by atoms with E-state index in [1.165, 1.54) is 30.2 Å². The number of likely N-dealkylation sites (tertiary alicyclic amines) is 1. The van der Waals surface area contributed by atoms with Crippen molar-refractivity contribution in [3.63, 3.8) is 0 Å². The number of aryl methyl sites for hydroxylation is 1. The van der Waals surface area contributed by atoms with E-state index in [-0.39, 0.29) is 23.8 Å². The SMILES string of the molecule is Cc1cc(=O)oc2c(C[NH+]3CCCCC3)c(O)ccc12.[Cl-]. The van der Waals surface area contributed by atoms with Crippen LogP contribution >= 0.6 is 0 Å². The maximum Gasteiger partial charge on any atom is 0.336 e. The third kappa shape index (κ3) is 3.22.